The molecule has 0 radical (unpaired) electrons. The summed E-state index contributed by atoms with van der Waals surface area (Å²) >= 11 is 0. The van der Waals surface area contributed by atoms with E-state index in [1.54, 1.807) is 18.2 Å². The van der Waals surface area contributed by atoms with Crippen molar-refractivity contribution < 1.29 is 18.0 Å². The Kier molecular flexibility index (Phi) is 6.55. The first-order chi connectivity index (χ1) is 14.2. The summed E-state index contributed by atoms with van der Waals surface area (Å²) in [7, 11) is -3.69. The second-order valence-corrected chi connectivity index (χ2v) is 9.29. The highest BCUT2D eigenvalue weighted by Crippen LogP contribution is 2.21. The summed E-state index contributed by atoms with van der Waals surface area (Å²) in [5.41, 5.74) is 8.74. The van der Waals surface area contributed by atoms with Gasteiger partial charge in [0.05, 0.1) is 6.26 Å². The van der Waals surface area contributed by atoms with Crippen molar-refractivity contribution in [3.63, 3.8) is 0 Å². The summed E-state index contributed by atoms with van der Waals surface area (Å²) in [5, 5.41) is 2.76. The van der Waals surface area contributed by atoms with Crippen molar-refractivity contribution >= 4 is 21.8 Å². The SMILES string of the molecule is Cc1cccc(C(=O)N2CCN(S(C)(=O)=O)C2C(=O)NCc2cccc(CN)c2)c1. The minimum absolute atomic E-state index is 0.0666. The van der Waals surface area contributed by atoms with Crippen LogP contribution in [0.15, 0.2) is 48.5 Å². The van der Waals surface area contributed by atoms with Gasteiger partial charge in [0.25, 0.3) is 11.8 Å². The van der Waals surface area contributed by atoms with Gasteiger partial charge in [0, 0.05) is 31.7 Å². The fourth-order valence-electron chi connectivity index (χ4n) is 3.53. The van der Waals surface area contributed by atoms with Gasteiger partial charge in [-0.15, -0.1) is 0 Å². The summed E-state index contributed by atoms with van der Waals surface area (Å²) in [5.74, 6) is -0.924. The number of carbonyl (C=O) groups excluding carboxylic acids is 2. The third-order valence-electron chi connectivity index (χ3n) is 5.01. The predicted octanol–water partition coefficient (Wildman–Crippen LogP) is 0.814. The van der Waals surface area contributed by atoms with E-state index >= 15 is 0 Å². The molecule has 1 atom stereocenters. The summed E-state index contributed by atoms with van der Waals surface area (Å²) in [4.78, 5) is 27.4. The lowest BCUT2D eigenvalue weighted by Crippen LogP contribution is -2.53. The standard InChI is InChI=1S/C21H26N4O4S/c1-15-5-3-8-18(11-15)21(27)24-9-10-25(30(2,28)29)20(24)19(26)23-14-17-7-4-6-16(12-17)13-22/h3-8,11-12,20H,9-10,13-14,22H2,1-2H3,(H,23,26). The molecule has 3 rings (SSSR count). The first-order valence-corrected chi connectivity index (χ1v) is 11.5. The quantitative estimate of drug-likeness (QED) is 0.704. The van der Waals surface area contributed by atoms with Crippen LogP contribution < -0.4 is 11.1 Å². The topological polar surface area (TPSA) is 113 Å². The highest BCUT2D eigenvalue weighted by Gasteiger charge is 2.44. The lowest BCUT2D eigenvalue weighted by Gasteiger charge is -2.28. The van der Waals surface area contributed by atoms with Crippen molar-refractivity contribution in [2.75, 3.05) is 19.3 Å². The Bertz CT molecular complexity index is 1050. The van der Waals surface area contributed by atoms with E-state index in [1.165, 1.54) is 4.90 Å². The van der Waals surface area contributed by atoms with Gasteiger partial charge in [0.1, 0.15) is 0 Å². The number of sulfonamides is 1. The van der Waals surface area contributed by atoms with Gasteiger partial charge in [-0.25, -0.2) is 8.42 Å². The van der Waals surface area contributed by atoms with Gasteiger partial charge < -0.3 is 16.0 Å². The van der Waals surface area contributed by atoms with Crippen LogP contribution in [0.1, 0.15) is 27.0 Å². The highest BCUT2D eigenvalue weighted by molar-refractivity contribution is 7.88. The molecule has 1 aliphatic heterocycles. The van der Waals surface area contributed by atoms with E-state index in [1.807, 2.05) is 37.3 Å². The monoisotopic (exact) mass is 430 g/mol. The van der Waals surface area contributed by atoms with Gasteiger partial charge in [-0.3, -0.25) is 9.59 Å². The third kappa shape index (κ3) is 4.86. The second-order valence-electron chi connectivity index (χ2n) is 7.36. The molecule has 1 heterocycles. The number of hydrogen-bond donors (Lipinski definition) is 2. The third-order valence-corrected chi connectivity index (χ3v) is 6.24. The first-order valence-electron chi connectivity index (χ1n) is 9.61. The van der Waals surface area contributed by atoms with Gasteiger partial charge in [-0.1, -0.05) is 42.0 Å². The van der Waals surface area contributed by atoms with Crippen molar-refractivity contribution in [1.82, 2.24) is 14.5 Å². The fraction of sp³-hybridized carbons (Fsp3) is 0.333. The molecule has 8 nitrogen and oxygen atoms in total. The maximum Gasteiger partial charge on any atom is 0.259 e. The number of carbonyl (C=O) groups is 2. The average molecular weight is 431 g/mol. The van der Waals surface area contributed by atoms with Crippen LogP contribution in [-0.2, 0) is 27.9 Å². The van der Waals surface area contributed by atoms with Crippen LogP contribution >= 0.6 is 0 Å². The molecule has 0 spiro atoms. The number of nitrogens with one attached hydrogen (secondary N) is 1. The van der Waals surface area contributed by atoms with Crippen molar-refractivity contribution in [3.8, 4) is 0 Å². The normalized spacial score (nSPS) is 17.2. The Balaban J connectivity index is 1.83. The number of nitrogens with zero attached hydrogens (tertiary/aromatic N) is 2. The van der Waals surface area contributed by atoms with E-state index < -0.39 is 22.1 Å². The molecule has 2 aromatic rings. The largest absolute Gasteiger partial charge is 0.349 e. The van der Waals surface area contributed by atoms with Gasteiger partial charge in [-0.05, 0) is 30.2 Å². The summed E-state index contributed by atoms with van der Waals surface area (Å²) < 4.78 is 25.6. The minimum atomic E-state index is -3.69. The summed E-state index contributed by atoms with van der Waals surface area (Å²) in [6, 6.07) is 14.4. The molecule has 3 N–H and O–H groups in total. The molecule has 1 saturated heterocycles. The number of rotatable bonds is 6. The van der Waals surface area contributed by atoms with Crippen molar-refractivity contribution in [3.05, 3.63) is 70.8 Å². The lowest BCUT2D eigenvalue weighted by atomic mass is 10.1. The van der Waals surface area contributed by atoms with E-state index in [0.29, 0.717) is 12.1 Å². The minimum Gasteiger partial charge on any atom is -0.349 e. The van der Waals surface area contributed by atoms with Crippen LogP contribution in [0.25, 0.3) is 0 Å². The zero-order valence-corrected chi connectivity index (χ0v) is 17.9. The van der Waals surface area contributed by atoms with E-state index in [4.69, 9.17) is 5.73 Å². The molecule has 2 aromatic carbocycles. The fourth-order valence-corrected chi connectivity index (χ4v) is 4.51. The Hall–Kier alpha value is -2.75. The second kappa shape index (κ2) is 8.95. The van der Waals surface area contributed by atoms with Crippen LogP contribution in [0.5, 0.6) is 0 Å². The molecule has 2 amide bonds. The van der Waals surface area contributed by atoms with E-state index in [-0.39, 0.29) is 25.5 Å². The molecular formula is C21H26N4O4S. The molecule has 9 heteroatoms. The molecular weight excluding hydrogens is 404 g/mol. The van der Waals surface area contributed by atoms with Crippen LogP contribution in [0.2, 0.25) is 0 Å². The number of nitrogens with two attached hydrogens (primary N) is 1. The summed E-state index contributed by atoms with van der Waals surface area (Å²) in [6.07, 6.45) is -0.191. The Morgan fingerprint density at radius 2 is 1.80 bits per heavy atom. The van der Waals surface area contributed by atoms with Gasteiger partial charge in [-0.2, -0.15) is 4.31 Å². The molecule has 1 fully saturated rings. The van der Waals surface area contributed by atoms with Crippen LogP contribution in [0.3, 0.4) is 0 Å². The molecule has 0 bridgehead atoms. The predicted molar refractivity (Wildman–Crippen MR) is 114 cm³/mol. The maximum absolute atomic E-state index is 13.1. The highest BCUT2D eigenvalue weighted by atomic mass is 32.2. The maximum atomic E-state index is 13.1. The number of aryl methyl sites for hydroxylation is 1. The zero-order valence-electron chi connectivity index (χ0n) is 17.0. The smallest absolute Gasteiger partial charge is 0.259 e. The van der Waals surface area contributed by atoms with Crippen molar-refractivity contribution in [1.29, 1.82) is 0 Å². The zero-order chi connectivity index (χ0) is 21.9. The molecule has 30 heavy (non-hydrogen) atoms. The Labute approximate surface area is 176 Å². The average Bonchev–Trinajstić information content (AvgIpc) is 3.17. The Morgan fingerprint density at radius 1 is 1.10 bits per heavy atom. The lowest BCUT2D eigenvalue weighted by molar-refractivity contribution is -0.127. The molecule has 0 aromatic heterocycles. The summed E-state index contributed by atoms with van der Waals surface area (Å²) in [6.45, 7) is 2.65. The van der Waals surface area contributed by atoms with Gasteiger partial charge in [0.2, 0.25) is 10.0 Å². The first kappa shape index (κ1) is 21.9. The van der Waals surface area contributed by atoms with E-state index in [0.717, 1.165) is 27.3 Å². The van der Waals surface area contributed by atoms with Crippen LogP contribution in [0.4, 0.5) is 0 Å². The van der Waals surface area contributed by atoms with Crippen LogP contribution in [0, 0.1) is 6.92 Å². The van der Waals surface area contributed by atoms with Gasteiger partial charge in [0.15, 0.2) is 6.17 Å². The number of amides is 2. The Morgan fingerprint density at radius 3 is 2.47 bits per heavy atom. The molecule has 0 saturated carbocycles. The molecule has 0 aliphatic carbocycles. The van der Waals surface area contributed by atoms with E-state index in [9.17, 15) is 18.0 Å². The molecule has 1 aliphatic rings. The van der Waals surface area contributed by atoms with Gasteiger partial charge >= 0.3 is 0 Å². The number of hydrogen-bond acceptors (Lipinski definition) is 5. The molecule has 1 unspecified atom stereocenters. The number of benzene rings is 2. The van der Waals surface area contributed by atoms with Crippen LogP contribution in [-0.4, -0.2) is 54.9 Å². The molecule has 160 valence electrons. The van der Waals surface area contributed by atoms with E-state index in [2.05, 4.69) is 5.32 Å². The van der Waals surface area contributed by atoms with Crippen molar-refractivity contribution in [2.45, 2.75) is 26.2 Å². The van der Waals surface area contributed by atoms with Crippen molar-refractivity contribution in [2.24, 2.45) is 5.73 Å².